The van der Waals surface area contributed by atoms with Crippen LogP contribution in [0, 0.1) is 5.95 Å². The molecule has 10 nitrogen and oxygen atoms in total. The number of hydrogen-bond acceptors (Lipinski definition) is 8. The van der Waals surface area contributed by atoms with Gasteiger partial charge in [-0.05, 0) is 59.1 Å². The molecule has 2 unspecified atom stereocenters. The van der Waals surface area contributed by atoms with Crippen LogP contribution >= 0.6 is 0 Å². The summed E-state index contributed by atoms with van der Waals surface area (Å²) in [5.41, 5.74) is 1.04. The predicted octanol–water partition coefficient (Wildman–Crippen LogP) is 5.53. The number of halogens is 1. The molecule has 11 heteroatoms. The van der Waals surface area contributed by atoms with Gasteiger partial charge >= 0.3 is 12.2 Å². The van der Waals surface area contributed by atoms with Gasteiger partial charge in [-0.25, -0.2) is 9.59 Å². The van der Waals surface area contributed by atoms with E-state index in [1.54, 1.807) is 4.90 Å². The van der Waals surface area contributed by atoms with Gasteiger partial charge in [0.25, 0.3) is 0 Å². The minimum atomic E-state index is -0.733. The van der Waals surface area contributed by atoms with Crippen molar-refractivity contribution in [2.75, 3.05) is 43.0 Å². The average Bonchev–Trinajstić information content (AvgIpc) is 3.15. The summed E-state index contributed by atoms with van der Waals surface area (Å²) < 4.78 is 25.1. The van der Waals surface area contributed by atoms with Crippen molar-refractivity contribution in [3.8, 4) is 0 Å². The first kappa shape index (κ1) is 29.5. The molecule has 2 aliphatic heterocycles. The van der Waals surface area contributed by atoms with Crippen molar-refractivity contribution in [2.45, 2.75) is 78.1 Å². The number of amides is 2. The Morgan fingerprint density at radius 2 is 1.75 bits per heavy atom. The first-order chi connectivity index (χ1) is 18.8. The molecular formula is C29H41FN6O4. The summed E-state index contributed by atoms with van der Waals surface area (Å²) >= 11 is 0. The summed E-state index contributed by atoms with van der Waals surface area (Å²) in [5.74, 6) is -0.484. The fraction of sp³-hybridized carbons (Fsp3) is 0.586. The highest BCUT2D eigenvalue weighted by molar-refractivity contribution is 5.90. The molecule has 2 aliphatic rings. The zero-order valence-corrected chi connectivity index (χ0v) is 24.5. The molecule has 1 N–H and O–H groups in total. The fourth-order valence-corrected chi connectivity index (χ4v) is 5.13. The van der Waals surface area contributed by atoms with Gasteiger partial charge in [0.1, 0.15) is 18.0 Å². The van der Waals surface area contributed by atoms with E-state index in [1.807, 2.05) is 53.7 Å². The van der Waals surface area contributed by atoms with Gasteiger partial charge in [0.2, 0.25) is 11.9 Å². The molecule has 0 saturated carbocycles. The topological polar surface area (TPSA) is 100 Å². The monoisotopic (exact) mass is 556 g/mol. The molecule has 2 amide bonds. The van der Waals surface area contributed by atoms with Crippen molar-refractivity contribution in [2.24, 2.45) is 0 Å². The zero-order chi connectivity index (χ0) is 29.2. The van der Waals surface area contributed by atoms with Crippen LogP contribution < -0.4 is 10.2 Å². The molecular weight excluding hydrogens is 515 g/mol. The van der Waals surface area contributed by atoms with Crippen LogP contribution in [0.5, 0.6) is 0 Å². The van der Waals surface area contributed by atoms with Gasteiger partial charge in [-0.1, -0.05) is 31.2 Å². The zero-order valence-electron chi connectivity index (χ0n) is 24.5. The van der Waals surface area contributed by atoms with E-state index in [4.69, 9.17) is 9.47 Å². The number of nitrogens with one attached hydrogen (secondary N) is 1. The van der Waals surface area contributed by atoms with E-state index in [9.17, 15) is 14.0 Å². The lowest BCUT2D eigenvalue weighted by molar-refractivity contribution is 0.00997. The van der Waals surface area contributed by atoms with Crippen molar-refractivity contribution < 1.29 is 23.5 Å². The van der Waals surface area contributed by atoms with Gasteiger partial charge in [0.15, 0.2) is 0 Å². The van der Waals surface area contributed by atoms with Crippen LogP contribution in [0.15, 0.2) is 30.3 Å². The summed E-state index contributed by atoms with van der Waals surface area (Å²) in [5, 5.41) is 3.16. The molecule has 0 radical (unpaired) electrons. The van der Waals surface area contributed by atoms with E-state index in [0.29, 0.717) is 13.1 Å². The molecule has 2 atom stereocenters. The third-order valence-electron chi connectivity index (χ3n) is 7.21. The number of carbonyl (C=O) groups is 2. The number of anilines is 2. The molecule has 0 spiro atoms. The van der Waals surface area contributed by atoms with E-state index >= 15 is 0 Å². The van der Waals surface area contributed by atoms with Gasteiger partial charge < -0.3 is 19.7 Å². The average molecular weight is 557 g/mol. The maximum absolute atomic E-state index is 14.4. The molecule has 2 fully saturated rings. The van der Waals surface area contributed by atoms with E-state index in [-0.39, 0.29) is 36.6 Å². The highest BCUT2D eigenvalue weighted by Gasteiger charge is 2.42. The largest absolute Gasteiger partial charge is 0.447 e. The molecule has 2 saturated heterocycles. The fourth-order valence-electron chi connectivity index (χ4n) is 5.13. The van der Waals surface area contributed by atoms with Crippen LogP contribution in [-0.2, 0) is 9.47 Å². The lowest BCUT2D eigenvalue weighted by Crippen LogP contribution is -2.50. The van der Waals surface area contributed by atoms with E-state index in [2.05, 4.69) is 39.2 Å². The van der Waals surface area contributed by atoms with Gasteiger partial charge in [0, 0.05) is 38.3 Å². The summed E-state index contributed by atoms with van der Waals surface area (Å²) in [6.45, 7) is 16.4. The summed E-state index contributed by atoms with van der Waals surface area (Å²) in [6.07, 6.45) is 0.119. The predicted molar refractivity (Wildman–Crippen MR) is 151 cm³/mol. The number of cyclic esters (lactones) is 1. The van der Waals surface area contributed by atoms with Gasteiger partial charge in [-0.2, -0.15) is 14.4 Å². The van der Waals surface area contributed by atoms with Crippen molar-refractivity contribution >= 4 is 24.0 Å². The second-order valence-corrected chi connectivity index (χ2v) is 12.0. The molecule has 218 valence electrons. The van der Waals surface area contributed by atoms with Crippen LogP contribution in [0.1, 0.15) is 78.1 Å². The second-order valence-electron chi connectivity index (χ2n) is 12.0. The molecule has 1 aromatic carbocycles. The number of rotatable bonds is 7. The van der Waals surface area contributed by atoms with Crippen LogP contribution in [0.3, 0.4) is 0 Å². The minimum absolute atomic E-state index is 0.0939. The summed E-state index contributed by atoms with van der Waals surface area (Å²) in [6, 6.07) is 9.49. The Balaban J connectivity index is 1.40. The van der Waals surface area contributed by atoms with Crippen LogP contribution in [-0.4, -0.2) is 75.9 Å². The van der Waals surface area contributed by atoms with E-state index in [1.165, 1.54) is 10.5 Å². The van der Waals surface area contributed by atoms with Gasteiger partial charge in [-0.3, -0.25) is 9.80 Å². The quantitative estimate of drug-likeness (QED) is 0.445. The maximum atomic E-state index is 14.4. The minimum Gasteiger partial charge on any atom is -0.447 e. The number of carbonyl (C=O) groups excluding carboxylic acids is 2. The molecule has 0 bridgehead atoms. The van der Waals surface area contributed by atoms with Crippen molar-refractivity contribution in [1.29, 1.82) is 0 Å². The summed E-state index contributed by atoms with van der Waals surface area (Å²) in [4.78, 5) is 38.5. The Kier molecular flexibility index (Phi) is 8.53. The first-order valence-electron chi connectivity index (χ1n) is 13.9. The Morgan fingerprint density at radius 1 is 1.12 bits per heavy atom. The molecule has 0 aliphatic carbocycles. The number of ether oxygens (including phenoxy) is 2. The standard InChI is InChI=1S/C29H41FN6O4/c1-8-22(34-13-15-35(16-14-34)26(37)40-28(3,4)5)21-11-9-20(10-12-21)19(2)31-25-32-23(30)17-24(33-25)36-27(38)39-18-29(36,6)7/h9-12,17,19,22H,8,13-16,18H2,1-7H3,(H,31,32,33). The smallest absolute Gasteiger partial charge is 0.416 e. The van der Waals surface area contributed by atoms with Gasteiger partial charge in [-0.15, -0.1) is 0 Å². The third kappa shape index (κ3) is 6.80. The molecule has 2 aromatic rings. The Labute approximate surface area is 235 Å². The van der Waals surface area contributed by atoms with Crippen LogP contribution in [0.25, 0.3) is 0 Å². The van der Waals surface area contributed by atoms with Crippen molar-refractivity contribution in [1.82, 2.24) is 19.8 Å². The van der Waals surface area contributed by atoms with E-state index < -0.39 is 23.2 Å². The summed E-state index contributed by atoms with van der Waals surface area (Å²) in [7, 11) is 0. The van der Waals surface area contributed by atoms with Gasteiger partial charge in [0.05, 0.1) is 11.6 Å². The highest BCUT2D eigenvalue weighted by Crippen LogP contribution is 2.31. The lowest BCUT2D eigenvalue weighted by atomic mass is 9.98. The van der Waals surface area contributed by atoms with Crippen molar-refractivity contribution in [3.05, 3.63) is 47.4 Å². The van der Waals surface area contributed by atoms with Crippen LogP contribution in [0.2, 0.25) is 0 Å². The number of hydrogen-bond donors (Lipinski definition) is 1. The molecule has 40 heavy (non-hydrogen) atoms. The maximum Gasteiger partial charge on any atom is 0.416 e. The number of nitrogens with zero attached hydrogens (tertiary/aromatic N) is 5. The second kappa shape index (κ2) is 11.6. The number of benzene rings is 1. The SMILES string of the molecule is CCC(c1ccc(C(C)Nc2nc(F)cc(N3C(=O)OCC3(C)C)n2)cc1)N1CCN(C(=O)OC(C)(C)C)CC1. The van der Waals surface area contributed by atoms with Crippen LogP contribution in [0.4, 0.5) is 25.7 Å². The lowest BCUT2D eigenvalue weighted by Gasteiger charge is -2.39. The Morgan fingerprint density at radius 3 is 2.30 bits per heavy atom. The first-order valence-corrected chi connectivity index (χ1v) is 13.9. The normalized spacial score (nSPS) is 19.2. The Hall–Kier alpha value is -3.47. The van der Waals surface area contributed by atoms with E-state index in [0.717, 1.165) is 31.1 Å². The number of aromatic nitrogens is 2. The molecule has 3 heterocycles. The third-order valence-corrected chi connectivity index (χ3v) is 7.21. The highest BCUT2D eigenvalue weighted by atomic mass is 19.1. The molecule has 4 rings (SSSR count). The Bertz CT molecular complexity index is 1210. The van der Waals surface area contributed by atoms with Crippen molar-refractivity contribution in [3.63, 3.8) is 0 Å². The number of piperazine rings is 1. The molecule has 1 aromatic heterocycles.